The maximum atomic E-state index is 12.7. The van der Waals surface area contributed by atoms with Crippen LogP contribution in [0.3, 0.4) is 0 Å². The summed E-state index contributed by atoms with van der Waals surface area (Å²) in [4.78, 5) is 12.7. The molecule has 4 rings (SSSR count). The molecule has 2 aliphatic rings. The third-order valence-electron chi connectivity index (χ3n) is 7.91. The fourth-order valence-electron chi connectivity index (χ4n) is 6.10. The van der Waals surface area contributed by atoms with E-state index in [-0.39, 0.29) is 47.1 Å². The van der Waals surface area contributed by atoms with Crippen LogP contribution in [0.15, 0.2) is 60.7 Å². The molecule has 0 aromatic heterocycles. The molecule has 1 aliphatic carbocycles. The number of ether oxygens (including phenoxy) is 4. The van der Waals surface area contributed by atoms with E-state index >= 15 is 0 Å². The molecule has 1 heterocycles. The molecule has 6 nitrogen and oxygen atoms in total. The zero-order chi connectivity index (χ0) is 27.2. The van der Waals surface area contributed by atoms with Crippen molar-refractivity contribution in [2.75, 3.05) is 40.0 Å². The van der Waals surface area contributed by atoms with Crippen LogP contribution in [0.2, 0.25) is 5.04 Å². The summed E-state index contributed by atoms with van der Waals surface area (Å²) in [5.41, 5.74) is 0. The van der Waals surface area contributed by atoms with Gasteiger partial charge in [0.15, 0.2) is 0 Å². The van der Waals surface area contributed by atoms with E-state index in [2.05, 4.69) is 81.4 Å². The van der Waals surface area contributed by atoms with Gasteiger partial charge in [0, 0.05) is 18.1 Å². The number of benzene rings is 2. The van der Waals surface area contributed by atoms with Gasteiger partial charge in [0.25, 0.3) is 8.32 Å². The molecule has 0 amide bonds. The first-order valence-electron chi connectivity index (χ1n) is 13.5. The van der Waals surface area contributed by atoms with Crippen molar-refractivity contribution in [2.45, 2.75) is 56.1 Å². The maximum Gasteiger partial charge on any atom is 0.311 e. The van der Waals surface area contributed by atoms with Crippen molar-refractivity contribution in [1.82, 2.24) is 0 Å². The summed E-state index contributed by atoms with van der Waals surface area (Å²) >= 11 is 1.87. The average molecular weight is 559 g/mol. The molecule has 1 saturated heterocycles. The minimum absolute atomic E-state index is 0.0652. The van der Waals surface area contributed by atoms with E-state index in [0.29, 0.717) is 13.2 Å². The molecule has 1 aliphatic heterocycles. The summed E-state index contributed by atoms with van der Waals surface area (Å²) < 4.78 is 29.6. The first kappa shape index (κ1) is 29.3. The molecule has 208 valence electrons. The Morgan fingerprint density at radius 3 is 2.13 bits per heavy atom. The van der Waals surface area contributed by atoms with Gasteiger partial charge in [-0.1, -0.05) is 81.4 Å². The van der Waals surface area contributed by atoms with Crippen molar-refractivity contribution >= 4 is 36.4 Å². The highest BCUT2D eigenvalue weighted by atomic mass is 32.2. The van der Waals surface area contributed by atoms with E-state index < -0.39 is 8.32 Å². The third kappa shape index (κ3) is 6.05. The highest BCUT2D eigenvalue weighted by Gasteiger charge is 2.56. The van der Waals surface area contributed by atoms with Crippen LogP contribution in [0.4, 0.5) is 0 Å². The van der Waals surface area contributed by atoms with Crippen molar-refractivity contribution in [3.63, 3.8) is 0 Å². The lowest BCUT2D eigenvalue weighted by molar-refractivity contribution is -0.164. The van der Waals surface area contributed by atoms with Crippen LogP contribution in [0.25, 0.3) is 0 Å². The third-order valence-corrected chi connectivity index (χ3v) is 14.5. The van der Waals surface area contributed by atoms with E-state index in [4.69, 9.17) is 23.4 Å². The van der Waals surface area contributed by atoms with Crippen molar-refractivity contribution in [2.24, 2.45) is 11.8 Å². The molecule has 2 aromatic rings. The predicted octanol–water partition coefficient (Wildman–Crippen LogP) is 4.25. The highest BCUT2D eigenvalue weighted by molar-refractivity contribution is 8.00. The van der Waals surface area contributed by atoms with Crippen molar-refractivity contribution in [3.05, 3.63) is 60.7 Å². The van der Waals surface area contributed by atoms with Crippen LogP contribution < -0.4 is 10.4 Å². The Hall–Kier alpha value is -1.68. The number of hydrogen-bond donors (Lipinski definition) is 0. The fraction of sp³-hybridized carbons (Fsp3) is 0.567. The van der Waals surface area contributed by atoms with Crippen LogP contribution in [0, 0.1) is 11.8 Å². The Labute approximate surface area is 232 Å². The Morgan fingerprint density at radius 2 is 1.58 bits per heavy atom. The average Bonchev–Trinajstić information content (AvgIpc) is 3.34. The van der Waals surface area contributed by atoms with Gasteiger partial charge in [0.1, 0.15) is 6.79 Å². The second-order valence-corrected chi connectivity index (χ2v) is 16.6. The molecule has 0 radical (unpaired) electrons. The van der Waals surface area contributed by atoms with Crippen molar-refractivity contribution < 1.29 is 28.2 Å². The first-order chi connectivity index (χ1) is 18.3. The SMILES string of the molecule is COCCOCO[C@@H]1[C@H]2SC[C@H](O[Si](c3ccccc3)(c3ccccc3)C(C)(C)C)[C@H]2CC[C@@H]1C(=O)OC. The lowest BCUT2D eigenvalue weighted by atomic mass is 9.77. The number of methoxy groups -OCH3 is 2. The van der Waals surface area contributed by atoms with E-state index in [1.54, 1.807) is 7.11 Å². The number of fused-ring (bicyclic) bond motifs is 1. The van der Waals surface area contributed by atoms with Crippen molar-refractivity contribution in [1.29, 1.82) is 0 Å². The Kier molecular flexibility index (Phi) is 10.1. The van der Waals surface area contributed by atoms with Crippen LogP contribution in [0.5, 0.6) is 0 Å². The normalized spacial score (nSPS) is 25.7. The molecule has 8 heteroatoms. The van der Waals surface area contributed by atoms with Gasteiger partial charge in [-0.2, -0.15) is 11.8 Å². The fourth-order valence-corrected chi connectivity index (χ4v) is 12.7. The second kappa shape index (κ2) is 13.1. The summed E-state index contributed by atoms with van der Waals surface area (Å²) in [5, 5.41) is 2.62. The lowest BCUT2D eigenvalue weighted by Gasteiger charge is -2.46. The highest BCUT2D eigenvalue weighted by Crippen LogP contribution is 2.49. The van der Waals surface area contributed by atoms with E-state index in [1.165, 1.54) is 17.5 Å². The molecule has 2 aromatic carbocycles. The summed E-state index contributed by atoms with van der Waals surface area (Å²) in [6, 6.07) is 21.6. The largest absolute Gasteiger partial charge is 0.469 e. The smallest absolute Gasteiger partial charge is 0.311 e. The maximum absolute atomic E-state index is 12.7. The van der Waals surface area contributed by atoms with Gasteiger partial charge in [0.2, 0.25) is 0 Å². The molecule has 1 saturated carbocycles. The van der Waals surface area contributed by atoms with Crippen molar-refractivity contribution in [3.8, 4) is 0 Å². The monoisotopic (exact) mass is 558 g/mol. The second-order valence-electron chi connectivity index (χ2n) is 11.1. The summed E-state index contributed by atoms with van der Waals surface area (Å²) in [7, 11) is 0.416. The number of carbonyl (C=O) groups is 1. The molecular formula is C30H42O6SSi. The zero-order valence-electron chi connectivity index (χ0n) is 23.3. The number of carbonyl (C=O) groups excluding carboxylic acids is 1. The Bertz CT molecular complexity index is 975. The lowest BCUT2D eigenvalue weighted by Crippen LogP contribution is -2.68. The van der Waals surface area contributed by atoms with Crippen LogP contribution >= 0.6 is 11.8 Å². The molecule has 0 unspecified atom stereocenters. The molecule has 0 N–H and O–H groups in total. The molecule has 2 fully saturated rings. The van der Waals surface area contributed by atoms with Crippen LogP contribution in [-0.2, 0) is 28.2 Å². The summed E-state index contributed by atoms with van der Waals surface area (Å²) in [6.07, 6.45) is 1.42. The number of esters is 1. The quantitative estimate of drug-likeness (QED) is 0.177. The minimum atomic E-state index is -2.68. The topological polar surface area (TPSA) is 63.2 Å². The number of thioether (sulfide) groups is 1. The minimum Gasteiger partial charge on any atom is -0.469 e. The van der Waals surface area contributed by atoms with E-state index in [0.717, 1.165) is 18.6 Å². The molecule has 5 atom stereocenters. The molecule has 0 spiro atoms. The predicted molar refractivity (Wildman–Crippen MR) is 155 cm³/mol. The van der Waals surface area contributed by atoms with Gasteiger partial charge >= 0.3 is 5.97 Å². The standard InChI is InChI=1S/C30H42O6SSi/c1-30(2,3)38(22-12-8-6-9-13-22,23-14-10-7-11-15-23)36-26-20-37-28-24(26)16-17-25(29(31)33-5)27(28)35-21-34-19-18-32-4/h6-15,24-28H,16-21H2,1-5H3/t24-,25+,26+,27+,28+/m1/s1. The number of hydrogen-bond acceptors (Lipinski definition) is 7. The van der Waals surface area contributed by atoms with Gasteiger partial charge in [-0.3, -0.25) is 4.79 Å². The molecule has 0 bridgehead atoms. The summed E-state index contributed by atoms with van der Waals surface area (Å²) in [5.74, 6) is 0.651. The molecular weight excluding hydrogens is 516 g/mol. The van der Waals surface area contributed by atoms with Crippen LogP contribution in [0.1, 0.15) is 33.6 Å². The van der Waals surface area contributed by atoms with Gasteiger partial charge in [-0.15, -0.1) is 0 Å². The van der Waals surface area contributed by atoms with Gasteiger partial charge < -0.3 is 23.4 Å². The van der Waals surface area contributed by atoms with Gasteiger partial charge in [-0.05, 0) is 34.2 Å². The first-order valence-corrected chi connectivity index (χ1v) is 16.5. The van der Waals surface area contributed by atoms with E-state index in [1.807, 2.05) is 11.8 Å². The van der Waals surface area contributed by atoms with E-state index in [9.17, 15) is 4.79 Å². The summed E-state index contributed by atoms with van der Waals surface area (Å²) in [6.45, 7) is 8.03. The Morgan fingerprint density at radius 1 is 0.947 bits per heavy atom. The number of rotatable bonds is 11. The van der Waals surface area contributed by atoms with Gasteiger partial charge in [0.05, 0.1) is 38.4 Å². The van der Waals surface area contributed by atoms with Gasteiger partial charge in [-0.25, -0.2) is 0 Å². The Balaban J connectivity index is 1.63. The molecule has 38 heavy (non-hydrogen) atoms. The van der Waals surface area contributed by atoms with Crippen LogP contribution in [-0.4, -0.2) is 71.7 Å². The zero-order valence-corrected chi connectivity index (χ0v) is 25.1.